The van der Waals surface area contributed by atoms with E-state index in [1.807, 2.05) is 24.3 Å². The Bertz CT molecular complexity index is 527. The summed E-state index contributed by atoms with van der Waals surface area (Å²) in [6, 6.07) is 16.6. The molecule has 1 unspecified atom stereocenters. The van der Waals surface area contributed by atoms with Gasteiger partial charge in [-0.25, -0.2) is 0 Å². The summed E-state index contributed by atoms with van der Waals surface area (Å²) in [6.45, 7) is 2.17. The number of halogens is 2. The first kappa shape index (κ1) is 13.7. The molecule has 1 atom stereocenters. The summed E-state index contributed by atoms with van der Waals surface area (Å²) in [6.07, 6.45) is 1.02. The van der Waals surface area contributed by atoms with Crippen molar-refractivity contribution < 1.29 is 0 Å². The fourth-order valence-electron chi connectivity index (χ4n) is 1.91. The Hall–Kier alpha value is -0.740. The zero-order valence-electron chi connectivity index (χ0n) is 10.2. The molecule has 0 aromatic heterocycles. The van der Waals surface area contributed by atoms with E-state index in [9.17, 15) is 0 Å². The predicted octanol–water partition coefficient (Wildman–Crippen LogP) is 5.51. The van der Waals surface area contributed by atoms with Crippen LogP contribution in [0.5, 0.6) is 0 Å². The highest BCUT2D eigenvalue weighted by molar-refractivity contribution is 14.1. The topological polar surface area (TPSA) is 12.0 Å². The molecule has 0 radical (unpaired) electrons. The van der Waals surface area contributed by atoms with Gasteiger partial charge in [0, 0.05) is 14.3 Å². The van der Waals surface area contributed by atoms with Crippen LogP contribution in [0.3, 0.4) is 0 Å². The molecule has 0 saturated heterocycles. The molecule has 0 heterocycles. The second-order valence-corrected chi connectivity index (χ2v) is 5.74. The summed E-state index contributed by atoms with van der Waals surface area (Å²) in [5.74, 6) is 0. The van der Waals surface area contributed by atoms with Crippen molar-refractivity contribution in [2.45, 2.75) is 19.4 Å². The van der Waals surface area contributed by atoms with Crippen molar-refractivity contribution in [2.75, 3.05) is 5.32 Å². The highest BCUT2D eigenvalue weighted by Crippen LogP contribution is 2.27. The number of hydrogen-bond donors (Lipinski definition) is 1. The molecule has 0 fully saturated rings. The molecule has 2 aromatic rings. The van der Waals surface area contributed by atoms with Gasteiger partial charge in [-0.05, 0) is 58.8 Å². The smallest absolute Gasteiger partial charge is 0.0512 e. The molecule has 0 spiro atoms. The van der Waals surface area contributed by atoms with E-state index >= 15 is 0 Å². The maximum Gasteiger partial charge on any atom is 0.0512 e. The first-order valence-corrected chi connectivity index (χ1v) is 7.43. The number of nitrogens with one attached hydrogen (secondary N) is 1. The van der Waals surface area contributed by atoms with Crippen LogP contribution in [0, 0.1) is 3.57 Å². The Kier molecular flexibility index (Phi) is 4.89. The van der Waals surface area contributed by atoms with E-state index in [1.165, 1.54) is 14.8 Å². The van der Waals surface area contributed by atoms with Gasteiger partial charge in [0.25, 0.3) is 0 Å². The Morgan fingerprint density at radius 1 is 1.17 bits per heavy atom. The Morgan fingerprint density at radius 2 is 1.94 bits per heavy atom. The van der Waals surface area contributed by atoms with E-state index in [-0.39, 0.29) is 0 Å². The zero-order chi connectivity index (χ0) is 13.0. The van der Waals surface area contributed by atoms with Crippen LogP contribution in [0.4, 0.5) is 5.69 Å². The average molecular weight is 372 g/mol. The van der Waals surface area contributed by atoms with Crippen LogP contribution in [0.2, 0.25) is 5.02 Å². The number of hydrogen-bond acceptors (Lipinski definition) is 1. The molecular weight excluding hydrogens is 357 g/mol. The largest absolute Gasteiger partial charge is 0.377 e. The van der Waals surface area contributed by atoms with Crippen molar-refractivity contribution in [1.29, 1.82) is 0 Å². The quantitative estimate of drug-likeness (QED) is 0.699. The average Bonchev–Trinajstić information content (AvgIpc) is 2.38. The Morgan fingerprint density at radius 3 is 2.61 bits per heavy atom. The maximum absolute atomic E-state index is 6.05. The minimum Gasteiger partial charge on any atom is -0.377 e. The predicted molar refractivity (Wildman–Crippen MR) is 87.3 cm³/mol. The minimum atomic E-state index is 0.291. The SMILES string of the molecule is CCC(Nc1ccccc1I)c1cccc(Cl)c1. The highest BCUT2D eigenvalue weighted by Gasteiger charge is 2.10. The summed E-state index contributed by atoms with van der Waals surface area (Å²) < 4.78 is 1.23. The van der Waals surface area contributed by atoms with Gasteiger partial charge >= 0.3 is 0 Å². The summed E-state index contributed by atoms with van der Waals surface area (Å²) in [5, 5.41) is 4.36. The first-order valence-electron chi connectivity index (χ1n) is 5.97. The zero-order valence-corrected chi connectivity index (χ0v) is 13.1. The molecule has 0 saturated carbocycles. The molecule has 94 valence electrons. The molecule has 0 aliphatic heterocycles. The molecule has 0 aliphatic rings. The van der Waals surface area contributed by atoms with Crippen molar-refractivity contribution in [3.8, 4) is 0 Å². The van der Waals surface area contributed by atoms with E-state index in [1.54, 1.807) is 0 Å². The second kappa shape index (κ2) is 6.43. The van der Waals surface area contributed by atoms with Crippen LogP contribution >= 0.6 is 34.2 Å². The van der Waals surface area contributed by atoms with E-state index in [0.29, 0.717) is 6.04 Å². The molecule has 1 nitrogen and oxygen atoms in total. The van der Waals surface area contributed by atoms with Crippen molar-refractivity contribution >= 4 is 39.9 Å². The lowest BCUT2D eigenvalue weighted by molar-refractivity contribution is 0.749. The summed E-state index contributed by atoms with van der Waals surface area (Å²) in [5.41, 5.74) is 2.40. The molecule has 2 aromatic carbocycles. The van der Waals surface area contributed by atoms with Crippen LogP contribution in [0.1, 0.15) is 24.9 Å². The maximum atomic E-state index is 6.05. The van der Waals surface area contributed by atoms with E-state index in [4.69, 9.17) is 11.6 Å². The molecule has 1 N–H and O–H groups in total. The fraction of sp³-hybridized carbons (Fsp3) is 0.200. The monoisotopic (exact) mass is 371 g/mol. The second-order valence-electron chi connectivity index (χ2n) is 4.14. The summed E-state index contributed by atoms with van der Waals surface area (Å²) >= 11 is 8.40. The van der Waals surface area contributed by atoms with Gasteiger partial charge in [-0.1, -0.05) is 42.8 Å². The van der Waals surface area contributed by atoms with Gasteiger partial charge in [-0.3, -0.25) is 0 Å². The van der Waals surface area contributed by atoms with Crippen molar-refractivity contribution in [2.24, 2.45) is 0 Å². The standard InChI is InChI=1S/C15H15ClIN/c1-2-14(11-6-5-7-12(16)10-11)18-15-9-4-3-8-13(15)17/h3-10,14,18H,2H2,1H3. The summed E-state index contributed by atoms with van der Waals surface area (Å²) in [4.78, 5) is 0. The van der Waals surface area contributed by atoms with E-state index in [0.717, 1.165) is 11.4 Å². The number of benzene rings is 2. The third kappa shape index (κ3) is 3.39. The van der Waals surface area contributed by atoms with Crippen molar-refractivity contribution in [1.82, 2.24) is 0 Å². The van der Waals surface area contributed by atoms with Gasteiger partial charge in [0.15, 0.2) is 0 Å². The molecular formula is C15H15ClIN. The fourth-order valence-corrected chi connectivity index (χ4v) is 2.65. The van der Waals surface area contributed by atoms with Gasteiger partial charge < -0.3 is 5.32 Å². The third-order valence-electron chi connectivity index (χ3n) is 2.86. The molecule has 3 heteroatoms. The first-order chi connectivity index (χ1) is 8.70. The molecule has 2 rings (SSSR count). The molecule has 0 bridgehead atoms. The molecule has 0 aliphatic carbocycles. The van der Waals surface area contributed by atoms with Crippen molar-refractivity contribution in [3.05, 3.63) is 62.7 Å². The Balaban J connectivity index is 2.23. The lowest BCUT2D eigenvalue weighted by atomic mass is 10.0. The van der Waals surface area contributed by atoms with Crippen LogP contribution < -0.4 is 5.32 Å². The van der Waals surface area contributed by atoms with E-state index < -0.39 is 0 Å². The highest BCUT2D eigenvalue weighted by atomic mass is 127. The molecule has 0 amide bonds. The van der Waals surface area contributed by atoms with Gasteiger partial charge in [-0.2, -0.15) is 0 Å². The van der Waals surface area contributed by atoms with Crippen LogP contribution in [-0.2, 0) is 0 Å². The third-order valence-corrected chi connectivity index (χ3v) is 4.04. The number of anilines is 1. The Labute approximate surface area is 127 Å². The van der Waals surface area contributed by atoms with Gasteiger partial charge in [0.05, 0.1) is 6.04 Å². The van der Waals surface area contributed by atoms with Gasteiger partial charge in [0.1, 0.15) is 0 Å². The lowest BCUT2D eigenvalue weighted by Gasteiger charge is -2.20. The molecule has 18 heavy (non-hydrogen) atoms. The van der Waals surface area contributed by atoms with Crippen molar-refractivity contribution in [3.63, 3.8) is 0 Å². The van der Waals surface area contributed by atoms with Crippen LogP contribution in [-0.4, -0.2) is 0 Å². The lowest BCUT2D eigenvalue weighted by Crippen LogP contribution is -2.10. The van der Waals surface area contributed by atoms with Gasteiger partial charge in [-0.15, -0.1) is 0 Å². The minimum absolute atomic E-state index is 0.291. The normalized spacial score (nSPS) is 12.2. The number of rotatable bonds is 4. The van der Waals surface area contributed by atoms with E-state index in [2.05, 4.69) is 59.1 Å². The summed E-state index contributed by atoms with van der Waals surface area (Å²) in [7, 11) is 0. The van der Waals surface area contributed by atoms with Crippen LogP contribution in [0.25, 0.3) is 0 Å². The van der Waals surface area contributed by atoms with Gasteiger partial charge in [0.2, 0.25) is 0 Å². The number of para-hydroxylation sites is 1. The van der Waals surface area contributed by atoms with Crippen LogP contribution in [0.15, 0.2) is 48.5 Å².